The third kappa shape index (κ3) is 3.96. The quantitative estimate of drug-likeness (QED) is 0.716. The first-order valence-corrected chi connectivity index (χ1v) is 6.74. The van der Waals surface area contributed by atoms with Gasteiger partial charge in [0.1, 0.15) is 6.04 Å². The molecule has 2 unspecified atom stereocenters. The van der Waals surface area contributed by atoms with E-state index in [2.05, 4.69) is 5.32 Å². The number of rotatable bonds is 6. The van der Waals surface area contributed by atoms with E-state index in [1.165, 1.54) is 20.0 Å². The van der Waals surface area contributed by atoms with Gasteiger partial charge >= 0.3 is 5.97 Å². The summed E-state index contributed by atoms with van der Waals surface area (Å²) in [7, 11) is 1.46. The summed E-state index contributed by atoms with van der Waals surface area (Å²) in [6.07, 6.45) is 7.30. The Bertz CT molecular complexity index is 247. The van der Waals surface area contributed by atoms with Crippen LogP contribution in [0.15, 0.2) is 0 Å². The van der Waals surface area contributed by atoms with Crippen molar-refractivity contribution in [3.05, 3.63) is 0 Å². The zero-order chi connectivity index (χ0) is 12.1. The molecule has 1 saturated heterocycles. The van der Waals surface area contributed by atoms with Crippen molar-refractivity contribution in [1.82, 2.24) is 5.32 Å². The monoisotopic (exact) mass is 241 g/mol. The van der Waals surface area contributed by atoms with E-state index in [1.54, 1.807) is 0 Å². The number of hydrogen-bond acceptors (Lipinski definition) is 4. The van der Waals surface area contributed by atoms with Crippen molar-refractivity contribution in [2.75, 3.05) is 20.3 Å². The summed E-state index contributed by atoms with van der Waals surface area (Å²) in [6, 6.07) is -0.0939. The van der Waals surface area contributed by atoms with Crippen molar-refractivity contribution in [3.8, 4) is 0 Å². The molecule has 2 fully saturated rings. The summed E-state index contributed by atoms with van der Waals surface area (Å²) in [6.45, 7) is 1.74. The molecule has 98 valence electrons. The van der Waals surface area contributed by atoms with Crippen molar-refractivity contribution in [1.29, 1.82) is 0 Å². The third-order valence-electron chi connectivity index (χ3n) is 3.65. The van der Waals surface area contributed by atoms with E-state index in [-0.39, 0.29) is 12.0 Å². The smallest absolute Gasteiger partial charge is 0.323 e. The van der Waals surface area contributed by atoms with Crippen molar-refractivity contribution < 1.29 is 14.3 Å². The van der Waals surface area contributed by atoms with Crippen LogP contribution in [0.2, 0.25) is 0 Å². The Labute approximate surface area is 103 Å². The van der Waals surface area contributed by atoms with Crippen LogP contribution in [0.1, 0.15) is 38.5 Å². The number of carbonyl (C=O) groups excluding carboxylic acids is 1. The number of carbonyl (C=O) groups is 1. The summed E-state index contributed by atoms with van der Waals surface area (Å²) in [5.74, 6) is 0.381. The third-order valence-corrected chi connectivity index (χ3v) is 3.65. The first-order valence-electron chi connectivity index (χ1n) is 6.74. The fourth-order valence-electron chi connectivity index (χ4n) is 2.43. The molecular weight excluding hydrogens is 218 g/mol. The molecule has 0 spiro atoms. The maximum atomic E-state index is 11.6. The lowest BCUT2D eigenvalue weighted by atomic mass is 10.1. The highest BCUT2D eigenvalue weighted by molar-refractivity contribution is 5.76. The lowest BCUT2D eigenvalue weighted by molar-refractivity contribution is -0.143. The summed E-state index contributed by atoms with van der Waals surface area (Å²) in [5.41, 5.74) is 0. The second-order valence-electron chi connectivity index (χ2n) is 5.07. The van der Waals surface area contributed by atoms with Gasteiger partial charge in [0, 0.05) is 6.61 Å². The first-order chi connectivity index (χ1) is 8.31. The summed E-state index contributed by atoms with van der Waals surface area (Å²) in [5, 5.41) is 3.33. The van der Waals surface area contributed by atoms with Gasteiger partial charge in [0.2, 0.25) is 0 Å². The highest BCUT2D eigenvalue weighted by atomic mass is 16.5. The van der Waals surface area contributed by atoms with E-state index < -0.39 is 0 Å². The Balaban J connectivity index is 1.66. The second kappa shape index (κ2) is 6.36. The SMILES string of the molecule is COC(=O)C(NCCC1CCCCO1)C1CC1. The average molecular weight is 241 g/mol. The summed E-state index contributed by atoms with van der Waals surface area (Å²) < 4.78 is 10.5. The van der Waals surface area contributed by atoms with Gasteiger partial charge in [-0.15, -0.1) is 0 Å². The Kier molecular flexibility index (Phi) is 4.80. The van der Waals surface area contributed by atoms with Crippen LogP contribution in [0.4, 0.5) is 0 Å². The molecule has 0 aromatic carbocycles. The van der Waals surface area contributed by atoms with Crippen LogP contribution in [0.5, 0.6) is 0 Å². The zero-order valence-electron chi connectivity index (χ0n) is 10.6. The molecule has 0 amide bonds. The number of hydrogen-bond donors (Lipinski definition) is 1. The number of esters is 1. The standard InChI is InChI=1S/C13H23NO3/c1-16-13(15)12(10-5-6-10)14-8-7-11-4-2-3-9-17-11/h10-12,14H,2-9H2,1H3. The van der Waals surface area contributed by atoms with Gasteiger partial charge in [0.15, 0.2) is 0 Å². The number of nitrogens with one attached hydrogen (secondary N) is 1. The van der Waals surface area contributed by atoms with E-state index in [0.717, 1.165) is 38.8 Å². The van der Waals surface area contributed by atoms with E-state index in [1.807, 2.05) is 0 Å². The molecule has 2 atom stereocenters. The van der Waals surface area contributed by atoms with Crippen LogP contribution in [-0.4, -0.2) is 38.4 Å². The molecule has 2 rings (SSSR count). The molecule has 17 heavy (non-hydrogen) atoms. The zero-order valence-corrected chi connectivity index (χ0v) is 10.6. The minimum atomic E-state index is -0.114. The van der Waals surface area contributed by atoms with Gasteiger partial charge < -0.3 is 14.8 Å². The molecule has 1 aliphatic carbocycles. The molecule has 1 aliphatic heterocycles. The lowest BCUT2D eigenvalue weighted by Gasteiger charge is -2.23. The molecule has 2 aliphatic rings. The maximum Gasteiger partial charge on any atom is 0.323 e. The first kappa shape index (κ1) is 12.8. The van der Waals surface area contributed by atoms with E-state index in [4.69, 9.17) is 9.47 Å². The molecule has 0 bridgehead atoms. The normalized spacial score (nSPS) is 26.5. The second-order valence-corrected chi connectivity index (χ2v) is 5.07. The number of ether oxygens (including phenoxy) is 2. The van der Waals surface area contributed by atoms with E-state index in [0.29, 0.717) is 12.0 Å². The van der Waals surface area contributed by atoms with Crippen molar-refractivity contribution in [3.63, 3.8) is 0 Å². The Hall–Kier alpha value is -0.610. The fourth-order valence-corrected chi connectivity index (χ4v) is 2.43. The molecule has 0 aromatic rings. The van der Waals surface area contributed by atoms with Crippen molar-refractivity contribution in [2.45, 2.75) is 50.7 Å². The summed E-state index contributed by atoms with van der Waals surface area (Å²) >= 11 is 0. The highest BCUT2D eigenvalue weighted by Crippen LogP contribution is 2.33. The van der Waals surface area contributed by atoms with Gasteiger partial charge in [0.05, 0.1) is 13.2 Å². The van der Waals surface area contributed by atoms with Crippen molar-refractivity contribution >= 4 is 5.97 Å². The van der Waals surface area contributed by atoms with Crippen LogP contribution in [0.3, 0.4) is 0 Å². The van der Waals surface area contributed by atoms with Gasteiger partial charge in [-0.1, -0.05) is 0 Å². The van der Waals surface area contributed by atoms with E-state index in [9.17, 15) is 4.79 Å². The van der Waals surface area contributed by atoms with Crippen molar-refractivity contribution in [2.24, 2.45) is 5.92 Å². The predicted octanol–water partition coefficient (Wildman–Crippen LogP) is 1.49. The highest BCUT2D eigenvalue weighted by Gasteiger charge is 2.36. The maximum absolute atomic E-state index is 11.6. The van der Waals surface area contributed by atoms with Crippen LogP contribution in [0.25, 0.3) is 0 Å². The molecule has 0 radical (unpaired) electrons. The topological polar surface area (TPSA) is 47.6 Å². The lowest BCUT2D eigenvalue weighted by Crippen LogP contribution is -2.41. The van der Waals surface area contributed by atoms with Gasteiger partial charge in [-0.05, 0) is 51.0 Å². The molecular formula is C13H23NO3. The fraction of sp³-hybridized carbons (Fsp3) is 0.923. The van der Waals surface area contributed by atoms with Crippen LogP contribution < -0.4 is 5.32 Å². The predicted molar refractivity (Wildman–Crippen MR) is 64.7 cm³/mol. The van der Waals surface area contributed by atoms with Gasteiger partial charge in [-0.2, -0.15) is 0 Å². The largest absolute Gasteiger partial charge is 0.468 e. The Morgan fingerprint density at radius 3 is 2.82 bits per heavy atom. The van der Waals surface area contributed by atoms with Crippen LogP contribution in [0, 0.1) is 5.92 Å². The molecule has 1 saturated carbocycles. The van der Waals surface area contributed by atoms with Crippen LogP contribution in [-0.2, 0) is 14.3 Å². The molecule has 0 aromatic heterocycles. The van der Waals surface area contributed by atoms with Crippen LogP contribution >= 0.6 is 0 Å². The minimum Gasteiger partial charge on any atom is -0.468 e. The molecule has 1 heterocycles. The van der Waals surface area contributed by atoms with Gasteiger partial charge in [0.25, 0.3) is 0 Å². The molecule has 1 N–H and O–H groups in total. The summed E-state index contributed by atoms with van der Waals surface area (Å²) in [4.78, 5) is 11.6. The Morgan fingerprint density at radius 2 is 2.24 bits per heavy atom. The minimum absolute atomic E-state index is 0.0939. The Morgan fingerprint density at radius 1 is 1.41 bits per heavy atom. The molecule has 4 nitrogen and oxygen atoms in total. The molecule has 4 heteroatoms. The van der Waals surface area contributed by atoms with E-state index >= 15 is 0 Å². The number of methoxy groups -OCH3 is 1. The van der Waals surface area contributed by atoms with Gasteiger partial charge in [-0.25, -0.2) is 0 Å². The van der Waals surface area contributed by atoms with Gasteiger partial charge in [-0.3, -0.25) is 4.79 Å². The average Bonchev–Trinajstić information content (AvgIpc) is 3.19.